The largest absolute Gasteiger partial charge is 0.497 e. The van der Waals surface area contributed by atoms with Crippen LogP contribution in [0.25, 0.3) is 0 Å². The third kappa shape index (κ3) is 4.59. The first-order valence-electron chi connectivity index (χ1n) is 10.3. The van der Waals surface area contributed by atoms with Crippen LogP contribution in [0.3, 0.4) is 0 Å². The Morgan fingerprint density at radius 1 is 1.23 bits per heavy atom. The molecule has 31 heavy (non-hydrogen) atoms. The van der Waals surface area contributed by atoms with Crippen molar-refractivity contribution in [3.8, 4) is 17.2 Å². The minimum Gasteiger partial charge on any atom is -0.497 e. The van der Waals surface area contributed by atoms with E-state index in [9.17, 15) is 9.59 Å². The molecule has 0 radical (unpaired) electrons. The number of fused-ring (bicyclic) bond motifs is 1. The van der Waals surface area contributed by atoms with Gasteiger partial charge in [-0.15, -0.1) is 0 Å². The fraction of sp³-hybridized carbons (Fsp3) is 0.391. The fourth-order valence-corrected chi connectivity index (χ4v) is 4.20. The SMILES string of the molecule is COc1ccc(NC(=O)CN2CCCC3(CNC(=O)c4ccccc4O3)C2)c(OC)c1. The van der Waals surface area contributed by atoms with Gasteiger partial charge >= 0.3 is 0 Å². The number of methoxy groups -OCH3 is 2. The average Bonchev–Trinajstić information content (AvgIpc) is 2.90. The normalized spacial score (nSPS) is 20.8. The highest BCUT2D eigenvalue weighted by Crippen LogP contribution is 2.32. The van der Waals surface area contributed by atoms with Crippen LogP contribution in [0.15, 0.2) is 42.5 Å². The van der Waals surface area contributed by atoms with E-state index in [0.29, 0.717) is 41.6 Å². The average molecular weight is 425 g/mol. The van der Waals surface area contributed by atoms with E-state index >= 15 is 0 Å². The van der Waals surface area contributed by atoms with Gasteiger partial charge in [-0.3, -0.25) is 14.5 Å². The van der Waals surface area contributed by atoms with Crippen LogP contribution in [0.5, 0.6) is 17.2 Å². The molecule has 2 amide bonds. The third-order valence-corrected chi connectivity index (χ3v) is 5.70. The van der Waals surface area contributed by atoms with Crippen molar-refractivity contribution >= 4 is 17.5 Å². The molecule has 1 atom stereocenters. The van der Waals surface area contributed by atoms with Crippen molar-refractivity contribution in [3.63, 3.8) is 0 Å². The molecule has 4 rings (SSSR count). The zero-order valence-electron chi connectivity index (χ0n) is 17.8. The van der Waals surface area contributed by atoms with Crippen LogP contribution in [0.4, 0.5) is 5.69 Å². The lowest BCUT2D eigenvalue weighted by molar-refractivity contribution is -0.118. The van der Waals surface area contributed by atoms with Crippen LogP contribution in [-0.2, 0) is 4.79 Å². The Bertz CT molecular complexity index is 979. The maximum atomic E-state index is 12.7. The molecular weight excluding hydrogens is 398 g/mol. The zero-order valence-corrected chi connectivity index (χ0v) is 17.8. The Morgan fingerprint density at radius 3 is 2.87 bits per heavy atom. The Balaban J connectivity index is 1.44. The molecule has 1 spiro atoms. The number of piperidine rings is 1. The maximum absolute atomic E-state index is 12.7. The van der Waals surface area contributed by atoms with Gasteiger partial charge in [0.05, 0.1) is 38.6 Å². The number of benzene rings is 2. The summed E-state index contributed by atoms with van der Waals surface area (Å²) in [4.78, 5) is 27.2. The first kappa shape index (κ1) is 21.0. The first-order valence-corrected chi connectivity index (χ1v) is 10.3. The number of carbonyl (C=O) groups is 2. The monoisotopic (exact) mass is 425 g/mol. The van der Waals surface area contributed by atoms with Gasteiger partial charge in [0.1, 0.15) is 22.8 Å². The number of rotatable bonds is 5. The lowest BCUT2D eigenvalue weighted by atomic mass is 9.92. The minimum absolute atomic E-state index is 0.131. The van der Waals surface area contributed by atoms with Crippen molar-refractivity contribution in [1.29, 1.82) is 0 Å². The molecule has 1 fully saturated rings. The van der Waals surface area contributed by atoms with Gasteiger partial charge in [-0.05, 0) is 43.7 Å². The van der Waals surface area contributed by atoms with E-state index in [1.54, 1.807) is 38.5 Å². The molecule has 0 bridgehead atoms. The number of likely N-dealkylation sites (tertiary alicyclic amines) is 1. The number of hydrogen-bond acceptors (Lipinski definition) is 6. The molecule has 2 aliphatic rings. The summed E-state index contributed by atoms with van der Waals surface area (Å²) in [7, 11) is 3.13. The van der Waals surface area contributed by atoms with E-state index < -0.39 is 5.60 Å². The summed E-state index contributed by atoms with van der Waals surface area (Å²) in [6, 6.07) is 12.5. The van der Waals surface area contributed by atoms with Crippen LogP contribution in [0.1, 0.15) is 23.2 Å². The molecule has 0 aliphatic carbocycles. The summed E-state index contributed by atoms with van der Waals surface area (Å²) in [6.45, 7) is 1.96. The summed E-state index contributed by atoms with van der Waals surface area (Å²) in [5, 5.41) is 5.90. The number of carbonyl (C=O) groups excluding carboxylic acids is 2. The van der Waals surface area contributed by atoms with Gasteiger partial charge in [-0.1, -0.05) is 12.1 Å². The molecule has 1 saturated heterocycles. The smallest absolute Gasteiger partial charge is 0.255 e. The Labute approximate surface area is 181 Å². The highest BCUT2D eigenvalue weighted by atomic mass is 16.5. The fourth-order valence-electron chi connectivity index (χ4n) is 4.20. The number of nitrogens with one attached hydrogen (secondary N) is 2. The van der Waals surface area contributed by atoms with E-state index in [1.807, 2.05) is 18.2 Å². The van der Waals surface area contributed by atoms with Crippen LogP contribution >= 0.6 is 0 Å². The number of nitrogens with zero attached hydrogens (tertiary/aromatic N) is 1. The summed E-state index contributed by atoms with van der Waals surface area (Å²) < 4.78 is 16.9. The molecule has 8 nitrogen and oxygen atoms in total. The molecule has 2 heterocycles. The van der Waals surface area contributed by atoms with Gasteiger partial charge < -0.3 is 24.8 Å². The maximum Gasteiger partial charge on any atom is 0.255 e. The van der Waals surface area contributed by atoms with E-state index in [-0.39, 0.29) is 18.4 Å². The van der Waals surface area contributed by atoms with Crippen molar-refractivity contribution in [3.05, 3.63) is 48.0 Å². The summed E-state index contributed by atoms with van der Waals surface area (Å²) in [5.41, 5.74) is 0.575. The predicted molar refractivity (Wildman–Crippen MR) is 116 cm³/mol. The van der Waals surface area contributed by atoms with E-state index in [4.69, 9.17) is 14.2 Å². The summed E-state index contributed by atoms with van der Waals surface area (Å²) in [6.07, 6.45) is 1.68. The van der Waals surface area contributed by atoms with Crippen molar-refractivity contribution in [2.75, 3.05) is 45.7 Å². The van der Waals surface area contributed by atoms with E-state index in [2.05, 4.69) is 15.5 Å². The van der Waals surface area contributed by atoms with Gasteiger partial charge in [-0.2, -0.15) is 0 Å². The summed E-state index contributed by atoms with van der Waals surface area (Å²) >= 11 is 0. The topological polar surface area (TPSA) is 89.1 Å². The minimum atomic E-state index is -0.557. The Hall–Kier alpha value is -3.26. The van der Waals surface area contributed by atoms with Crippen LogP contribution < -0.4 is 24.8 Å². The highest BCUT2D eigenvalue weighted by Gasteiger charge is 2.41. The molecule has 2 aromatic rings. The van der Waals surface area contributed by atoms with Gasteiger partial charge in [0.2, 0.25) is 5.91 Å². The molecule has 1 unspecified atom stereocenters. The number of ether oxygens (including phenoxy) is 3. The Kier molecular flexibility index (Phi) is 5.99. The Morgan fingerprint density at radius 2 is 2.06 bits per heavy atom. The zero-order chi connectivity index (χ0) is 21.8. The van der Waals surface area contributed by atoms with Crippen LogP contribution in [0, 0.1) is 0 Å². The first-order chi connectivity index (χ1) is 15.0. The second-order valence-electron chi connectivity index (χ2n) is 7.89. The van der Waals surface area contributed by atoms with Gasteiger partial charge in [0, 0.05) is 12.6 Å². The second-order valence-corrected chi connectivity index (χ2v) is 7.89. The number of amides is 2. The van der Waals surface area contributed by atoms with Crippen LogP contribution in [-0.4, -0.2) is 62.7 Å². The summed E-state index contributed by atoms with van der Waals surface area (Å²) in [5.74, 6) is 1.51. The molecule has 0 aromatic heterocycles. The number of anilines is 1. The third-order valence-electron chi connectivity index (χ3n) is 5.70. The number of para-hydroxylation sites is 1. The van der Waals surface area contributed by atoms with Crippen molar-refractivity contribution < 1.29 is 23.8 Å². The van der Waals surface area contributed by atoms with Gasteiger partial charge in [0.25, 0.3) is 5.91 Å². The molecule has 0 saturated carbocycles. The lowest BCUT2D eigenvalue weighted by Crippen LogP contribution is -2.57. The van der Waals surface area contributed by atoms with Gasteiger partial charge in [0.15, 0.2) is 0 Å². The molecule has 164 valence electrons. The van der Waals surface area contributed by atoms with E-state index in [0.717, 1.165) is 19.4 Å². The van der Waals surface area contributed by atoms with Gasteiger partial charge in [-0.25, -0.2) is 0 Å². The van der Waals surface area contributed by atoms with Crippen molar-refractivity contribution in [2.24, 2.45) is 0 Å². The standard InChI is InChI=1S/C23H27N3O5/c1-29-16-8-9-18(20(12-16)30-2)25-21(27)13-26-11-5-10-23(15-26)14-24-22(28)17-6-3-4-7-19(17)31-23/h3-4,6-9,12H,5,10-11,13-15H2,1-2H3,(H,24,28)(H,25,27). The number of hydrogen-bond donors (Lipinski definition) is 2. The van der Waals surface area contributed by atoms with Crippen molar-refractivity contribution in [1.82, 2.24) is 10.2 Å². The molecular formula is C23H27N3O5. The van der Waals surface area contributed by atoms with Crippen LogP contribution in [0.2, 0.25) is 0 Å². The predicted octanol–water partition coefficient (Wildman–Crippen LogP) is 2.30. The second kappa shape index (κ2) is 8.85. The van der Waals surface area contributed by atoms with E-state index in [1.165, 1.54) is 0 Å². The molecule has 2 aliphatic heterocycles. The quantitative estimate of drug-likeness (QED) is 0.764. The molecule has 2 aromatic carbocycles. The van der Waals surface area contributed by atoms with Crippen molar-refractivity contribution in [2.45, 2.75) is 18.4 Å². The highest BCUT2D eigenvalue weighted by molar-refractivity contribution is 5.97. The molecule has 8 heteroatoms. The lowest BCUT2D eigenvalue weighted by Gasteiger charge is -2.41. The molecule has 2 N–H and O–H groups in total.